The number of hydrogen-bond acceptors (Lipinski definition) is 4. The van der Waals surface area contributed by atoms with Crippen molar-refractivity contribution >= 4 is 5.97 Å². The van der Waals surface area contributed by atoms with Gasteiger partial charge in [-0.2, -0.15) is 0 Å². The number of aliphatic hydroxyl groups is 1. The molecule has 0 fully saturated rings. The number of benzene rings is 1. The molecule has 0 aliphatic rings. The number of rotatable bonds is 6. The van der Waals surface area contributed by atoms with Gasteiger partial charge in [-0.15, -0.1) is 0 Å². The average Bonchev–Trinajstić information content (AvgIpc) is 3.04. The van der Waals surface area contributed by atoms with Gasteiger partial charge in [0, 0.05) is 0 Å². The highest BCUT2D eigenvalue weighted by Crippen LogP contribution is 2.28. The van der Waals surface area contributed by atoms with Gasteiger partial charge in [0.15, 0.2) is 0 Å². The van der Waals surface area contributed by atoms with Gasteiger partial charge in [-0.05, 0) is 24.1 Å². The third-order valence-electron chi connectivity index (χ3n) is 3.57. The molecular weight excluding hydrogens is 256 g/mol. The first-order chi connectivity index (χ1) is 9.72. The van der Waals surface area contributed by atoms with Crippen molar-refractivity contribution in [3.63, 3.8) is 0 Å². The Balaban J connectivity index is 2.12. The molecule has 0 aliphatic heterocycles. The first-order valence-electron chi connectivity index (χ1n) is 6.59. The fraction of sp³-hybridized carbons (Fsp3) is 0.312. The third-order valence-corrected chi connectivity index (χ3v) is 3.57. The maximum atomic E-state index is 11.8. The summed E-state index contributed by atoms with van der Waals surface area (Å²) in [4.78, 5) is 11.8. The number of ether oxygens (including phenoxy) is 1. The van der Waals surface area contributed by atoms with E-state index in [0.29, 0.717) is 6.42 Å². The number of furan rings is 1. The lowest BCUT2D eigenvalue weighted by atomic mass is 9.79. The Morgan fingerprint density at radius 3 is 2.55 bits per heavy atom. The van der Waals surface area contributed by atoms with E-state index in [1.54, 1.807) is 12.1 Å². The van der Waals surface area contributed by atoms with Gasteiger partial charge in [-0.25, -0.2) is 4.79 Å². The lowest BCUT2D eigenvalue weighted by Crippen LogP contribution is -2.36. The second-order valence-electron chi connectivity index (χ2n) is 4.71. The maximum Gasteiger partial charge on any atom is 0.374 e. The number of carbonyl (C=O) groups excluding carboxylic acids is 1. The van der Waals surface area contributed by atoms with Crippen LogP contribution in [0, 0.1) is 0 Å². The van der Waals surface area contributed by atoms with Gasteiger partial charge in [0.25, 0.3) is 0 Å². The van der Waals surface area contributed by atoms with E-state index in [9.17, 15) is 9.90 Å². The predicted molar refractivity (Wildman–Crippen MR) is 74.5 cm³/mol. The summed E-state index contributed by atoms with van der Waals surface area (Å²) in [5.74, 6) is -0.349. The first-order valence-corrected chi connectivity index (χ1v) is 6.59. The molecule has 106 valence electrons. The van der Waals surface area contributed by atoms with Crippen molar-refractivity contribution in [3.05, 3.63) is 60.1 Å². The Morgan fingerprint density at radius 2 is 2.00 bits per heavy atom. The van der Waals surface area contributed by atoms with Crippen LogP contribution in [0.5, 0.6) is 0 Å². The Labute approximate surface area is 118 Å². The van der Waals surface area contributed by atoms with E-state index in [4.69, 9.17) is 9.15 Å². The second-order valence-corrected chi connectivity index (χ2v) is 4.71. The molecule has 0 amide bonds. The van der Waals surface area contributed by atoms with Crippen molar-refractivity contribution in [1.29, 1.82) is 0 Å². The van der Waals surface area contributed by atoms with Gasteiger partial charge in [-0.3, -0.25) is 0 Å². The summed E-state index contributed by atoms with van der Waals surface area (Å²) in [7, 11) is 0. The Kier molecular flexibility index (Phi) is 4.58. The molecule has 1 aromatic carbocycles. The first kappa shape index (κ1) is 14.3. The topological polar surface area (TPSA) is 59.7 Å². The zero-order chi connectivity index (χ0) is 14.4. The van der Waals surface area contributed by atoms with Gasteiger partial charge in [0.05, 0.1) is 18.3 Å². The quantitative estimate of drug-likeness (QED) is 0.823. The predicted octanol–water partition coefficient (Wildman–Crippen LogP) is 2.78. The van der Waals surface area contributed by atoms with Crippen LogP contribution in [-0.2, 0) is 10.2 Å². The van der Waals surface area contributed by atoms with Crippen LogP contribution in [-0.4, -0.2) is 24.3 Å². The van der Waals surface area contributed by atoms with Gasteiger partial charge >= 0.3 is 5.97 Å². The molecule has 1 heterocycles. The molecule has 0 aliphatic carbocycles. The molecule has 2 aromatic rings. The number of aliphatic hydroxyl groups excluding tert-OH is 1. The molecule has 20 heavy (non-hydrogen) atoms. The normalized spacial score (nSPS) is 13.7. The fourth-order valence-electron chi connectivity index (χ4n) is 2.10. The van der Waals surface area contributed by atoms with E-state index in [0.717, 1.165) is 5.56 Å². The van der Waals surface area contributed by atoms with Crippen LogP contribution < -0.4 is 0 Å². The standard InChI is InChI=1S/C16H18O4/c1-2-16(11-17,13-7-4-3-5-8-13)12-20-15(18)14-9-6-10-19-14/h3-10,17H,2,11-12H2,1H3/t16-/m0/s1. The zero-order valence-electron chi connectivity index (χ0n) is 11.4. The minimum atomic E-state index is -0.580. The van der Waals surface area contributed by atoms with Gasteiger partial charge in [0.2, 0.25) is 5.76 Å². The Bertz CT molecular complexity index is 527. The molecule has 2 rings (SSSR count). The molecular formula is C16H18O4. The summed E-state index contributed by atoms with van der Waals surface area (Å²) in [6, 6.07) is 12.8. The van der Waals surface area contributed by atoms with Crippen molar-refractivity contribution in [2.24, 2.45) is 0 Å². The minimum Gasteiger partial charge on any atom is -0.459 e. The van der Waals surface area contributed by atoms with Crippen molar-refractivity contribution in [2.75, 3.05) is 13.2 Å². The minimum absolute atomic E-state index is 0.0844. The molecule has 0 bridgehead atoms. The van der Waals surface area contributed by atoms with E-state index >= 15 is 0 Å². The molecule has 0 spiro atoms. The molecule has 0 unspecified atom stereocenters. The van der Waals surface area contributed by atoms with Crippen LogP contribution in [0.15, 0.2) is 53.1 Å². The number of hydrogen-bond donors (Lipinski definition) is 1. The van der Waals surface area contributed by atoms with Crippen LogP contribution in [0.4, 0.5) is 0 Å². The van der Waals surface area contributed by atoms with E-state index in [1.165, 1.54) is 6.26 Å². The van der Waals surface area contributed by atoms with Gasteiger partial charge in [-0.1, -0.05) is 37.3 Å². The molecule has 4 heteroatoms. The molecule has 0 saturated carbocycles. The van der Waals surface area contributed by atoms with Crippen molar-refractivity contribution in [2.45, 2.75) is 18.8 Å². The molecule has 1 N–H and O–H groups in total. The molecule has 1 aromatic heterocycles. The van der Waals surface area contributed by atoms with Gasteiger partial charge < -0.3 is 14.3 Å². The maximum absolute atomic E-state index is 11.8. The van der Waals surface area contributed by atoms with Crippen LogP contribution in [0.25, 0.3) is 0 Å². The van der Waals surface area contributed by atoms with E-state index in [2.05, 4.69) is 0 Å². The summed E-state index contributed by atoms with van der Waals surface area (Å²) in [5.41, 5.74) is 0.376. The van der Waals surface area contributed by atoms with Crippen LogP contribution in [0.1, 0.15) is 29.5 Å². The summed E-state index contributed by atoms with van der Waals surface area (Å²) in [5, 5.41) is 9.76. The zero-order valence-corrected chi connectivity index (χ0v) is 11.4. The highest BCUT2D eigenvalue weighted by molar-refractivity contribution is 5.86. The largest absolute Gasteiger partial charge is 0.459 e. The van der Waals surface area contributed by atoms with E-state index < -0.39 is 11.4 Å². The fourth-order valence-corrected chi connectivity index (χ4v) is 2.10. The Morgan fingerprint density at radius 1 is 1.25 bits per heavy atom. The van der Waals surface area contributed by atoms with Gasteiger partial charge in [0.1, 0.15) is 6.61 Å². The third kappa shape index (κ3) is 2.91. The Hall–Kier alpha value is -2.07. The lowest BCUT2D eigenvalue weighted by molar-refractivity contribution is 0.0277. The van der Waals surface area contributed by atoms with Crippen LogP contribution >= 0.6 is 0 Å². The summed E-state index contributed by atoms with van der Waals surface area (Å²) in [6.45, 7) is 1.99. The summed E-state index contributed by atoms with van der Waals surface area (Å²) >= 11 is 0. The average molecular weight is 274 g/mol. The highest BCUT2D eigenvalue weighted by Gasteiger charge is 2.31. The van der Waals surface area contributed by atoms with Crippen molar-refractivity contribution in [1.82, 2.24) is 0 Å². The number of carbonyl (C=O) groups is 1. The molecule has 4 nitrogen and oxygen atoms in total. The van der Waals surface area contributed by atoms with Crippen molar-refractivity contribution < 1.29 is 19.1 Å². The SMILES string of the molecule is CC[C@](CO)(COC(=O)c1ccco1)c1ccccc1. The van der Waals surface area contributed by atoms with Crippen LogP contribution in [0.3, 0.4) is 0 Å². The summed E-state index contributed by atoms with van der Waals surface area (Å²) in [6.07, 6.45) is 2.09. The van der Waals surface area contributed by atoms with E-state index in [-0.39, 0.29) is 19.0 Å². The number of esters is 1. The lowest BCUT2D eigenvalue weighted by Gasteiger charge is -2.30. The highest BCUT2D eigenvalue weighted by atomic mass is 16.5. The second kappa shape index (κ2) is 6.39. The smallest absolute Gasteiger partial charge is 0.374 e. The molecule has 0 radical (unpaired) electrons. The van der Waals surface area contributed by atoms with E-state index in [1.807, 2.05) is 37.3 Å². The van der Waals surface area contributed by atoms with Crippen LogP contribution in [0.2, 0.25) is 0 Å². The monoisotopic (exact) mass is 274 g/mol. The summed E-state index contributed by atoms with van der Waals surface area (Å²) < 4.78 is 10.3. The molecule has 1 atom stereocenters. The molecule has 0 saturated heterocycles. The van der Waals surface area contributed by atoms with Crippen molar-refractivity contribution in [3.8, 4) is 0 Å².